The smallest absolute Gasteiger partial charge is 0.332 e. The van der Waals surface area contributed by atoms with Gasteiger partial charge in [-0.3, -0.25) is 5.10 Å². The topological polar surface area (TPSA) is 38.4 Å². The van der Waals surface area contributed by atoms with Crippen LogP contribution < -0.4 is 9.62 Å². The van der Waals surface area contributed by atoms with Crippen LogP contribution in [0, 0.1) is 0 Å². The molecule has 0 aliphatic carbocycles. The molecule has 0 saturated carbocycles. The second-order valence-electron chi connectivity index (χ2n) is 6.21. The number of hydrogen-bond acceptors (Lipinski definition) is 4. The van der Waals surface area contributed by atoms with Gasteiger partial charge in [-0.1, -0.05) is 45.2 Å². The van der Waals surface area contributed by atoms with Crippen LogP contribution in [0.15, 0.2) is 42.6 Å². The molecular formula is C16H25B2N5. The normalized spacial score (nSPS) is 16.3. The van der Waals surface area contributed by atoms with E-state index in [0.717, 1.165) is 19.0 Å². The van der Waals surface area contributed by atoms with Crippen LogP contribution in [0.1, 0.15) is 19.8 Å². The average molecular weight is 309 g/mol. The van der Waals surface area contributed by atoms with Gasteiger partial charge in [0.2, 0.25) is 0 Å². The zero-order chi connectivity index (χ0) is 16.2. The van der Waals surface area contributed by atoms with Gasteiger partial charge in [0, 0.05) is 5.69 Å². The monoisotopic (exact) mass is 309 g/mol. The van der Waals surface area contributed by atoms with Crippen molar-refractivity contribution in [1.82, 2.24) is 14.9 Å². The minimum absolute atomic E-state index is 0.344. The molecule has 1 aromatic heterocycles. The van der Waals surface area contributed by atoms with Crippen LogP contribution in [0.2, 0.25) is 13.6 Å². The van der Waals surface area contributed by atoms with E-state index >= 15 is 0 Å². The molecule has 0 unspecified atom stereocenters. The van der Waals surface area contributed by atoms with Crippen LogP contribution in [-0.2, 0) is 0 Å². The summed E-state index contributed by atoms with van der Waals surface area (Å²) in [7, 11) is 0. The zero-order valence-corrected chi connectivity index (χ0v) is 14.3. The molecule has 1 saturated heterocycles. The molecule has 120 valence electrons. The molecule has 0 bridgehead atoms. The Labute approximate surface area is 139 Å². The van der Waals surface area contributed by atoms with Crippen molar-refractivity contribution in [2.45, 2.75) is 33.4 Å². The van der Waals surface area contributed by atoms with Crippen molar-refractivity contribution in [3.05, 3.63) is 42.6 Å². The van der Waals surface area contributed by atoms with Crippen LogP contribution in [0.4, 0.5) is 11.5 Å². The molecule has 1 aromatic carbocycles. The predicted octanol–water partition coefficient (Wildman–Crippen LogP) is 3.03. The minimum atomic E-state index is 0.344. The van der Waals surface area contributed by atoms with Crippen molar-refractivity contribution in [3.8, 4) is 0 Å². The van der Waals surface area contributed by atoms with Crippen molar-refractivity contribution >= 4 is 25.5 Å². The summed E-state index contributed by atoms with van der Waals surface area (Å²) in [4.78, 5) is 4.84. The van der Waals surface area contributed by atoms with Crippen molar-refractivity contribution in [1.29, 1.82) is 0 Å². The fraction of sp³-hybridized carbons (Fsp3) is 0.438. The number of H-pyrrole nitrogens is 1. The Bertz CT molecular complexity index is 592. The SMILES string of the molecule is CCCCN1B(C)N(c2ccccc2)CN(c2ccn[nH]2)B1C. The number of anilines is 2. The van der Waals surface area contributed by atoms with Gasteiger partial charge in [0.25, 0.3) is 0 Å². The standard InChI is InChI=1S/C16H25B2N5/c1-4-5-13-23-17(2)21(15-9-7-6-8-10-15)14-22(18(23)3)16-11-12-19-20-16/h6-12H,4-5,13-14H2,1-3H3,(H,19,20). The Morgan fingerprint density at radius 3 is 2.48 bits per heavy atom. The summed E-state index contributed by atoms with van der Waals surface area (Å²) in [5, 5.41) is 7.26. The highest BCUT2D eigenvalue weighted by Crippen LogP contribution is 2.26. The van der Waals surface area contributed by atoms with E-state index in [1.54, 1.807) is 0 Å². The average Bonchev–Trinajstić information content (AvgIpc) is 3.10. The summed E-state index contributed by atoms with van der Waals surface area (Å²) in [5.74, 6) is 1.08. The van der Waals surface area contributed by atoms with Gasteiger partial charge in [0.05, 0.1) is 12.9 Å². The number of aromatic amines is 1. The summed E-state index contributed by atoms with van der Waals surface area (Å²) in [6.07, 6.45) is 4.25. The third-order valence-corrected chi connectivity index (χ3v) is 4.82. The first-order valence-electron chi connectivity index (χ1n) is 8.55. The van der Waals surface area contributed by atoms with Gasteiger partial charge >= 0.3 is 14.0 Å². The van der Waals surface area contributed by atoms with Crippen LogP contribution in [-0.4, -0.2) is 42.1 Å². The molecule has 3 rings (SSSR count). The summed E-state index contributed by atoms with van der Waals surface area (Å²) >= 11 is 0. The van der Waals surface area contributed by atoms with E-state index < -0.39 is 0 Å². The number of nitrogens with zero attached hydrogens (tertiary/aromatic N) is 4. The predicted molar refractivity (Wildman–Crippen MR) is 99.7 cm³/mol. The lowest BCUT2D eigenvalue weighted by molar-refractivity contribution is 0.570. The number of aromatic nitrogens is 2. The van der Waals surface area contributed by atoms with Crippen LogP contribution in [0.3, 0.4) is 0 Å². The summed E-state index contributed by atoms with van der Waals surface area (Å²) in [5.41, 5.74) is 1.26. The second kappa shape index (κ2) is 7.13. The molecule has 2 heterocycles. The fourth-order valence-corrected chi connectivity index (χ4v) is 3.39. The number of hydrogen-bond donors (Lipinski definition) is 1. The maximum Gasteiger partial charge on any atom is 0.332 e. The van der Waals surface area contributed by atoms with E-state index in [-0.39, 0.29) is 0 Å². The van der Waals surface area contributed by atoms with Crippen molar-refractivity contribution in [2.24, 2.45) is 0 Å². The lowest BCUT2D eigenvalue weighted by atomic mass is 9.57. The van der Waals surface area contributed by atoms with E-state index in [2.05, 4.69) is 75.4 Å². The molecule has 1 fully saturated rings. The minimum Gasteiger partial charge on any atom is -0.386 e. The highest BCUT2D eigenvalue weighted by atomic mass is 15.4. The van der Waals surface area contributed by atoms with E-state index in [1.165, 1.54) is 18.5 Å². The number of nitrogens with one attached hydrogen (secondary N) is 1. The Morgan fingerprint density at radius 1 is 1.09 bits per heavy atom. The first kappa shape index (κ1) is 16.0. The van der Waals surface area contributed by atoms with Gasteiger partial charge in [-0.25, -0.2) is 0 Å². The number of rotatable bonds is 5. The van der Waals surface area contributed by atoms with Crippen molar-refractivity contribution in [2.75, 3.05) is 22.8 Å². The molecule has 1 aliphatic heterocycles. The molecular weight excluding hydrogens is 284 g/mol. The molecule has 23 heavy (non-hydrogen) atoms. The zero-order valence-electron chi connectivity index (χ0n) is 14.3. The molecule has 7 heteroatoms. The van der Waals surface area contributed by atoms with Crippen LogP contribution in [0.25, 0.3) is 0 Å². The van der Waals surface area contributed by atoms with E-state index in [0.29, 0.717) is 14.0 Å². The lowest BCUT2D eigenvalue weighted by Gasteiger charge is -2.50. The Kier molecular flexibility index (Phi) is 4.96. The quantitative estimate of drug-likeness (QED) is 0.862. The maximum atomic E-state index is 4.13. The molecule has 0 amide bonds. The molecule has 1 aliphatic rings. The summed E-state index contributed by atoms with van der Waals surface area (Å²) in [6.45, 7) is 9.53. The van der Waals surface area contributed by atoms with Crippen LogP contribution in [0.5, 0.6) is 0 Å². The largest absolute Gasteiger partial charge is 0.386 e. The third kappa shape index (κ3) is 3.24. The van der Waals surface area contributed by atoms with Crippen molar-refractivity contribution in [3.63, 3.8) is 0 Å². The van der Waals surface area contributed by atoms with E-state index in [4.69, 9.17) is 0 Å². The Morgan fingerprint density at radius 2 is 1.83 bits per heavy atom. The number of para-hydroxylation sites is 1. The molecule has 0 atom stereocenters. The highest BCUT2D eigenvalue weighted by molar-refractivity contribution is 6.77. The Balaban J connectivity index is 1.90. The van der Waals surface area contributed by atoms with Gasteiger partial charge in [-0.15, -0.1) is 0 Å². The van der Waals surface area contributed by atoms with Gasteiger partial charge in [0.1, 0.15) is 5.82 Å². The molecule has 0 radical (unpaired) electrons. The van der Waals surface area contributed by atoms with Gasteiger partial charge in [-0.2, -0.15) is 5.10 Å². The van der Waals surface area contributed by atoms with Crippen LogP contribution >= 0.6 is 0 Å². The number of benzene rings is 1. The molecule has 2 aromatic rings. The first-order chi connectivity index (χ1) is 11.2. The van der Waals surface area contributed by atoms with E-state index in [9.17, 15) is 0 Å². The third-order valence-electron chi connectivity index (χ3n) is 4.82. The van der Waals surface area contributed by atoms with Gasteiger partial charge in [-0.05, 0) is 31.2 Å². The Hall–Kier alpha value is -1.88. The second-order valence-corrected chi connectivity index (χ2v) is 6.21. The molecule has 5 nitrogen and oxygen atoms in total. The van der Waals surface area contributed by atoms with Crippen molar-refractivity contribution < 1.29 is 0 Å². The molecule has 0 spiro atoms. The highest BCUT2D eigenvalue weighted by Gasteiger charge is 2.41. The summed E-state index contributed by atoms with van der Waals surface area (Å²) < 4.78 is 2.57. The van der Waals surface area contributed by atoms with Gasteiger partial charge < -0.3 is 14.3 Å². The first-order valence-corrected chi connectivity index (χ1v) is 8.55. The van der Waals surface area contributed by atoms with E-state index in [1.807, 2.05) is 12.3 Å². The molecule has 1 N–H and O–H groups in total. The summed E-state index contributed by atoms with van der Waals surface area (Å²) in [6, 6.07) is 12.7. The van der Waals surface area contributed by atoms with Gasteiger partial charge in [0.15, 0.2) is 0 Å². The maximum absolute atomic E-state index is 4.13. The fourth-order valence-electron chi connectivity index (χ4n) is 3.39. The lowest BCUT2D eigenvalue weighted by Crippen LogP contribution is -2.70. The number of unbranched alkanes of at least 4 members (excludes halogenated alkanes) is 1.